The molecule has 0 unspecified atom stereocenters. The van der Waals surface area contributed by atoms with E-state index in [-0.39, 0.29) is 11.4 Å². The van der Waals surface area contributed by atoms with Crippen LogP contribution in [0.5, 0.6) is 11.5 Å². The van der Waals surface area contributed by atoms with E-state index in [1.54, 1.807) is 62.8 Å². The molecule has 5 nitrogen and oxygen atoms in total. The maximum absolute atomic E-state index is 13.5. The molecule has 3 aromatic carbocycles. The Kier molecular flexibility index (Phi) is 5.90. The fourth-order valence-corrected chi connectivity index (χ4v) is 4.34. The number of aryl methyl sites for hydroxylation is 1. The van der Waals surface area contributed by atoms with Crippen molar-refractivity contribution in [1.29, 1.82) is 0 Å². The molecule has 6 heteroatoms. The van der Waals surface area contributed by atoms with Crippen LogP contribution in [0, 0.1) is 6.92 Å². The Morgan fingerprint density at radius 3 is 2.25 bits per heavy atom. The Labute approximate surface area is 166 Å². The van der Waals surface area contributed by atoms with Gasteiger partial charge in [0.2, 0.25) is 0 Å². The lowest BCUT2D eigenvalue weighted by atomic mass is 10.2. The smallest absolute Gasteiger partial charge is 0.264 e. The molecular weight excluding hydrogens is 374 g/mol. The van der Waals surface area contributed by atoms with Crippen LogP contribution in [-0.4, -0.2) is 22.6 Å². The van der Waals surface area contributed by atoms with Crippen LogP contribution >= 0.6 is 0 Å². The number of anilines is 1. The molecule has 0 saturated heterocycles. The number of sulfonamides is 1. The summed E-state index contributed by atoms with van der Waals surface area (Å²) in [5.41, 5.74) is 2.28. The Bertz CT molecular complexity index is 1050. The molecule has 3 rings (SSSR count). The van der Waals surface area contributed by atoms with Crippen LogP contribution in [0.25, 0.3) is 0 Å². The molecule has 0 amide bonds. The minimum Gasteiger partial charge on any atom is -0.497 e. The Morgan fingerprint density at radius 2 is 1.57 bits per heavy atom. The molecule has 0 heterocycles. The highest BCUT2D eigenvalue weighted by molar-refractivity contribution is 7.92. The van der Waals surface area contributed by atoms with Gasteiger partial charge in [0.1, 0.15) is 11.5 Å². The fourth-order valence-electron chi connectivity index (χ4n) is 2.91. The van der Waals surface area contributed by atoms with Gasteiger partial charge in [-0.1, -0.05) is 42.0 Å². The standard InChI is InChI=1S/C22H23NO4S/c1-17-11-13-21(14-12-17)28(24,25)23(19-8-6-9-20(15-19)26-2)16-18-7-4-5-10-22(18)27-3/h4-15H,16H2,1-3H3. The third-order valence-corrected chi connectivity index (χ3v) is 6.24. The van der Waals surface area contributed by atoms with E-state index < -0.39 is 10.0 Å². The van der Waals surface area contributed by atoms with E-state index in [1.165, 1.54) is 4.31 Å². The average molecular weight is 397 g/mol. The van der Waals surface area contributed by atoms with E-state index >= 15 is 0 Å². The molecule has 0 atom stereocenters. The highest BCUT2D eigenvalue weighted by Crippen LogP contribution is 2.31. The second kappa shape index (κ2) is 8.35. The zero-order chi connectivity index (χ0) is 20.1. The van der Waals surface area contributed by atoms with Crippen molar-refractivity contribution in [2.75, 3.05) is 18.5 Å². The summed E-state index contributed by atoms with van der Waals surface area (Å²) in [6, 6.07) is 21.2. The normalized spacial score (nSPS) is 11.1. The third kappa shape index (κ3) is 4.12. The van der Waals surface area contributed by atoms with Gasteiger partial charge in [-0.3, -0.25) is 4.31 Å². The van der Waals surface area contributed by atoms with Gasteiger partial charge in [-0.05, 0) is 37.3 Å². The zero-order valence-corrected chi connectivity index (χ0v) is 16.9. The predicted octanol–water partition coefficient (Wildman–Crippen LogP) is 4.41. The molecule has 0 aromatic heterocycles. The van der Waals surface area contributed by atoms with Crippen molar-refractivity contribution >= 4 is 15.7 Å². The zero-order valence-electron chi connectivity index (χ0n) is 16.1. The summed E-state index contributed by atoms with van der Waals surface area (Å²) >= 11 is 0. The molecule has 0 spiro atoms. The van der Waals surface area contributed by atoms with Crippen LogP contribution in [0.4, 0.5) is 5.69 Å². The van der Waals surface area contributed by atoms with Crippen LogP contribution in [-0.2, 0) is 16.6 Å². The van der Waals surface area contributed by atoms with Crippen LogP contribution in [0.15, 0.2) is 77.7 Å². The summed E-state index contributed by atoms with van der Waals surface area (Å²) in [4.78, 5) is 0.232. The first-order valence-electron chi connectivity index (χ1n) is 8.81. The van der Waals surface area contributed by atoms with E-state index in [9.17, 15) is 8.42 Å². The second-order valence-corrected chi connectivity index (χ2v) is 8.20. The SMILES string of the molecule is COc1cccc(N(Cc2ccccc2OC)S(=O)(=O)c2ccc(C)cc2)c1. The van der Waals surface area contributed by atoms with E-state index in [0.29, 0.717) is 17.2 Å². The monoisotopic (exact) mass is 397 g/mol. The first-order valence-corrected chi connectivity index (χ1v) is 10.2. The number of ether oxygens (including phenoxy) is 2. The summed E-state index contributed by atoms with van der Waals surface area (Å²) in [6.45, 7) is 2.05. The molecule has 0 aliphatic rings. The van der Waals surface area contributed by atoms with Gasteiger partial charge in [0.15, 0.2) is 0 Å². The summed E-state index contributed by atoms with van der Waals surface area (Å²) in [5, 5.41) is 0. The Balaban J connectivity index is 2.12. The molecule has 0 fully saturated rings. The van der Waals surface area contributed by atoms with Crippen molar-refractivity contribution in [2.45, 2.75) is 18.4 Å². The predicted molar refractivity (Wildman–Crippen MR) is 111 cm³/mol. The number of benzene rings is 3. The van der Waals surface area contributed by atoms with Crippen molar-refractivity contribution in [3.8, 4) is 11.5 Å². The van der Waals surface area contributed by atoms with Crippen molar-refractivity contribution in [1.82, 2.24) is 0 Å². The molecule has 0 aliphatic heterocycles. The molecule has 0 bridgehead atoms. The lowest BCUT2D eigenvalue weighted by Gasteiger charge is -2.26. The second-order valence-electron chi connectivity index (χ2n) is 6.34. The molecular formula is C22H23NO4S. The Hall–Kier alpha value is -2.99. The van der Waals surface area contributed by atoms with Gasteiger partial charge in [-0.25, -0.2) is 8.42 Å². The van der Waals surface area contributed by atoms with Gasteiger partial charge in [0, 0.05) is 11.6 Å². The van der Waals surface area contributed by atoms with Gasteiger partial charge in [-0.2, -0.15) is 0 Å². The number of hydrogen-bond acceptors (Lipinski definition) is 4. The summed E-state index contributed by atoms with van der Waals surface area (Å²) < 4.78 is 39.1. The van der Waals surface area contributed by atoms with E-state index in [4.69, 9.17) is 9.47 Å². The highest BCUT2D eigenvalue weighted by Gasteiger charge is 2.26. The molecule has 0 saturated carbocycles. The minimum atomic E-state index is -3.80. The van der Waals surface area contributed by atoms with E-state index in [0.717, 1.165) is 11.1 Å². The average Bonchev–Trinajstić information content (AvgIpc) is 2.72. The van der Waals surface area contributed by atoms with Crippen LogP contribution < -0.4 is 13.8 Å². The van der Waals surface area contributed by atoms with E-state index in [1.807, 2.05) is 31.2 Å². The van der Waals surface area contributed by atoms with E-state index in [2.05, 4.69) is 0 Å². The summed E-state index contributed by atoms with van der Waals surface area (Å²) in [7, 11) is -0.670. The van der Waals surface area contributed by atoms with Crippen LogP contribution in [0.1, 0.15) is 11.1 Å². The Morgan fingerprint density at radius 1 is 0.857 bits per heavy atom. The fraction of sp³-hybridized carbons (Fsp3) is 0.182. The first kappa shape index (κ1) is 19.8. The van der Waals surface area contributed by atoms with Crippen molar-refractivity contribution in [2.24, 2.45) is 0 Å². The van der Waals surface area contributed by atoms with Crippen molar-refractivity contribution < 1.29 is 17.9 Å². The first-order chi connectivity index (χ1) is 13.5. The summed E-state index contributed by atoms with van der Waals surface area (Å²) in [6.07, 6.45) is 0. The lowest BCUT2D eigenvalue weighted by Crippen LogP contribution is -2.30. The molecule has 146 valence electrons. The lowest BCUT2D eigenvalue weighted by molar-refractivity contribution is 0.409. The molecule has 28 heavy (non-hydrogen) atoms. The molecule has 0 aliphatic carbocycles. The van der Waals surface area contributed by atoms with Gasteiger partial charge in [0.25, 0.3) is 10.0 Å². The number of para-hydroxylation sites is 1. The third-order valence-electron chi connectivity index (χ3n) is 4.46. The highest BCUT2D eigenvalue weighted by atomic mass is 32.2. The van der Waals surface area contributed by atoms with Gasteiger partial charge < -0.3 is 9.47 Å². The van der Waals surface area contributed by atoms with Gasteiger partial charge in [0.05, 0.1) is 31.3 Å². The van der Waals surface area contributed by atoms with Crippen LogP contribution in [0.3, 0.4) is 0 Å². The number of nitrogens with zero attached hydrogens (tertiary/aromatic N) is 1. The molecule has 0 N–H and O–H groups in total. The molecule has 0 radical (unpaired) electrons. The maximum Gasteiger partial charge on any atom is 0.264 e. The van der Waals surface area contributed by atoms with Crippen molar-refractivity contribution in [3.05, 3.63) is 83.9 Å². The number of rotatable bonds is 7. The van der Waals surface area contributed by atoms with Crippen molar-refractivity contribution in [3.63, 3.8) is 0 Å². The van der Waals surface area contributed by atoms with Gasteiger partial charge in [-0.15, -0.1) is 0 Å². The largest absolute Gasteiger partial charge is 0.497 e. The van der Waals surface area contributed by atoms with Crippen LogP contribution in [0.2, 0.25) is 0 Å². The minimum absolute atomic E-state index is 0.132. The van der Waals surface area contributed by atoms with Gasteiger partial charge >= 0.3 is 0 Å². The maximum atomic E-state index is 13.5. The molecule has 3 aromatic rings. The quantitative estimate of drug-likeness (QED) is 0.593. The number of methoxy groups -OCH3 is 2. The summed E-state index contributed by atoms with van der Waals surface area (Å²) in [5.74, 6) is 1.22. The number of hydrogen-bond donors (Lipinski definition) is 0. The topological polar surface area (TPSA) is 55.8 Å².